The number of nitrogens with one attached hydrogen (secondary N) is 1. The van der Waals surface area contributed by atoms with Crippen molar-refractivity contribution in [2.75, 3.05) is 31.6 Å². The summed E-state index contributed by atoms with van der Waals surface area (Å²) in [6.07, 6.45) is 3.25. The highest BCUT2D eigenvalue weighted by Crippen LogP contribution is 2.24. The monoisotopic (exact) mass is 347 g/mol. The molecule has 7 heteroatoms. The molecule has 0 radical (unpaired) electrons. The number of carbonyl (C=O) groups excluding carboxylic acids is 2. The molecule has 1 fully saturated rings. The Morgan fingerprint density at radius 3 is 2.68 bits per heavy atom. The number of aromatic nitrogens is 1. The fraction of sp³-hybridized carbons (Fsp3) is 0.611. The standard InChI is InChI=1S/C18H29N5O2/c1-13(2)22(3)12-16(24)21-11-15-5-4-8-20-18(15)23-9-6-14(7-10-23)17(19)25/h4-5,8,13-14H,6-7,9-12H2,1-3H3,(H2,19,25)(H,21,24). The van der Waals surface area contributed by atoms with Crippen LogP contribution in [0.25, 0.3) is 0 Å². The van der Waals surface area contributed by atoms with Crippen LogP contribution >= 0.6 is 0 Å². The van der Waals surface area contributed by atoms with Gasteiger partial charge in [0.1, 0.15) is 5.82 Å². The number of nitrogens with two attached hydrogens (primary N) is 1. The van der Waals surface area contributed by atoms with Crippen LogP contribution in [0.15, 0.2) is 18.3 Å². The van der Waals surface area contributed by atoms with Crippen molar-refractivity contribution >= 4 is 17.6 Å². The van der Waals surface area contributed by atoms with E-state index in [9.17, 15) is 9.59 Å². The first-order valence-electron chi connectivity index (χ1n) is 8.83. The minimum atomic E-state index is -0.220. The lowest BCUT2D eigenvalue weighted by Crippen LogP contribution is -2.40. The lowest BCUT2D eigenvalue weighted by molar-refractivity contribution is -0.123. The van der Waals surface area contributed by atoms with Gasteiger partial charge in [-0.05, 0) is 39.8 Å². The SMILES string of the molecule is CC(C)N(C)CC(=O)NCc1cccnc1N1CCC(C(N)=O)CC1. The van der Waals surface area contributed by atoms with Gasteiger partial charge in [0.15, 0.2) is 0 Å². The molecule has 1 aromatic rings. The summed E-state index contributed by atoms with van der Waals surface area (Å²) in [6, 6.07) is 4.18. The highest BCUT2D eigenvalue weighted by molar-refractivity contribution is 5.78. The predicted molar refractivity (Wildman–Crippen MR) is 98.0 cm³/mol. The van der Waals surface area contributed by atoms with E-state index in [-0.39, 0.29) is 17.7 Å². The molecular formula is C18H29N5O2. The van der Waals surface area contributed by atoms with E-state index < -0.39 is 0 Å². The highest BCUT2D eigenvalue weighted by Gasteiger charge is 2.25. The van der Waals surface area contributed by atoms with E-state index in [1.165, 1.54) is 0 Å². The number of likely N-dealkylation sites (N-methyl/N-ethyl adjacent to an activating group) is 1. The zero-order valence-electron chi connectivity index (χ0n) is 15.4. The first-order chi connectivity index (χ1) is 11.9. The Hall–Kier alpha value is -2.15. The van der Waals surface area contributed by atoms with Crippen molar-refractivity contribution in [3.63, 3.8) is 0 Å². The number of nitrogens with zero attached hydrogens (tertiary/aromatic N) is 3. The van der Waals surface area contributed by atoms with Gasteiger partial charge >= 0.3 is 0 Å². The Kier molecular flexibility index (Phi) is 6.75. The minimum absolute atomic E-state index is 0.00144. The number of carbonyl (C=O) groups is 2. The molecule has 3 N–H and O–H groups in total. The third-order valence-corrected chi connectivity index (χ3v) is 4.81. The molecule has 2 heterocycles. The fourth-order valence-electron chi connectivity index (χ4n) is 2.89. The number of pyridine rings is 1. The summed E-state index contributed by atoms with van der Waals surface area (Å²) in [5.41, 5.74) is 6.39. The molecule has 25 heavy (non-hydrogen) atoms. The molecule has 0 bridgehead atoms. The van der Waals surface area contributed by atoms with Crippen LogP contribution in [0.3, 0.4) is 0 Å². The second kappa shape index (κ2) is 8.80. The van der Waals surface area contributed by atoms with Gasteiger partial charge in [-0.3, -0.25) is 14.5 Å². The summed E-state index contributed by atoms with van der Waals surface area (Å²) in [7, 11) is 1.93. The third kappa shape index (κ3) is 5.42. The van der Waals surface area contributed by atoms with Crippen molar-refractivity contribution in [3.8, 4) is 0 Å². The fourth-order valence-corrected chi connectivity index (χ4v) is 2.89. The molecule has 138 valence electrons. The summed E-state index contributed by atoms with van der Waals surface area (Å²) >= 11 is 0. The van der Waals surface area contributed by atoms with E-state index in [0.29, 0.717) is 19.1 Å². The maximum atomic E-state index is 12.1. The molecule has 0 spiro atoms. The topological polar surface area (TPSA) is 91.6 Å². The Morgan fingerprint density at radius 2 is 2.08 bits per heavy atom. The number of primary amides is 1. The molecule has 0 aliphatic carbocycles. The average Bonchev–Trinajstić information content (AvgIpc) is 2.60. The molecular weight excluding hydrogens is 318 g/mol. The van der Waals surface area contributed by atoms with Crippen molar-refractivity contribution in [2.45, 2.75) is 39.3 Å². The number of rotatable bonds is 7. The lowest BCUT2D eigenvalue weighted by atomic mass is 9.96. The van der Waals surface area contributed by atoms with E-state index >= 15 is 0 Å². The van der Waals surface area contributed by atoms with Crippen LogP contribution in [0.5, 0.6) is 0 Å². The Bertz CT molecular complexity index is 597. The number of piperidine rings is 1. The van der Waals surface area contributed by atoms with Gasteiger partial charge in [0.05, 0.1) is 6.54 Å². The van der Waals surface area contributed by atoms with Crippen LogP contribution < -0.4 is 16.0 Å². The third-order valence-electron chi connectivity index (χ3n) is 4.81. The van der Waals surface area contributed by atoms with E-state index in [1.54, 1.807) is 6.20 Å². The van der Waals surface area contributed by atoms with Crippen molar-refractivity contribution in [2.24, 2.45) is 11.7 Å². The van der Waals surface area contributed by atoms with E-state index in [2.05, 4.69) is 29.0 Å². The van der Waals surface area contributed by atoms with Crippen LogP contribution in [0.1, 0.15) is 32.3 Å². The summed E-state index contributed by atoms with van der Waals surface area (Å²) < 4.78 is 0. The van der Waals surface area contributed by atoms with Gasteiger partial charge in [0.2, 0.25) is 11.8 Å². The average molecular weight is 347 g/mol. The first-order valence-corrected chi connectivity index (χ1v) is 8.83. The molecule has 0 unspecified atom stereocenters. The van der Waals surface area contributed by atoms with Crippen molar-refractivity contribution in [3.05, 3.63) is 23.9 Å². The molecule has 0 saturated carbocycles. The van der Waals surface area contributed by atoms with Gasteiger partial charge < -0.3 is 16.0 Å². The normalized spacial score (nSPS) is 15.6. The van der Waals surface area contributed by atoms with Gasteiger partial charge in [0, 0.05) is 43.4 Å². The Morgan fingerprint density at radius 1 is 1.40 bits per heavy atom. The summed E-state index contributed by atoms with van der Waals surface area (Å²) in [4.78, 5) is 32.1. The maximum absolute atomic E-state index is 12.1. The zero-order chi connectivity index (χ0) is 18.4. The molecule has 0 atom stereocenters. The van der Waals surface area contributed by atoms with Gasteiger partial charge in [-0.25, -0.2) is 4.98 Å². The van der Waals surface area contributed by atoms with Crippen molar-refractivity contribution in [1.29, 1.82) is 0 Å². The van der Waals surface area contributed by atoms with Gasteiger partial charge in [-0.1, -0.05) is 6.07 Å². The molecule has 7 nitrogen and oxygen atoms in total. The molecule has 1 saturated heterocycles. The zero-order valence-corrected chi connectivity index (χ0v) is 15.4. The summed E-state index contributed by atoms with van der Waals surface area (Å²) in [6.45, 7) is 6.44. The maximum Gasteiger partial charge on any atom is 0.234 e. The Balaban J connectivity index is 1.95. The summed E-state index contributed by atoms with van der Waals surface area (Å²) in [5.74, 6) is 0.610. The number of anilines is 1. The quantitative estimate of drug-likeness (QED) is 0.759. The van der Waals surface area contributed by atoms with E-state index in [1.807, 2.05) is 24.1 Å². The van der Waals surface area contributed by atoms with Crippen LogP contribution in [0, 0.1) is 5.92 Å². The van der Waals surface area contributed by atoms with Crippen LogP contribution in [-0.4, -0.2) is 54.4 Å². The van der Waals surface area contributed by atoms with Gasteiger partial charge in [0.25, 0.3) is 0 Å². The van der Waals surface area contributed by atoms with Gasteiger partial charge in [-0.15, -0.1) is 0 Å². The molecule has 1 aliphatic rings. The van der Waals surface area contributed by atoms with E-state index in [0.717, 1.165) is 37.3 Å². The summed E-state index contributed by atoms with van der Waals surface area (Å²) in [5, 5.41) is 2.97. The van der Waals surface area contributed by atoms with Crippen LogP contribution in [0.2, 0.25) is 0 Å². The number of hydrogen-bond donors (Lipinski definition) is 2. The van der Waals surface area contributed by atoms with Crippen LogP contribution in [-0.2, 0) is 16.1 Å². The molecule has 1 aliphatic heterocycles. The van der Waals surface area contributed by atoms with Crippen molar-refractivity contribution in [1.82, 2.24) is 15.2 Å². The first kappa shape index (κ1) is 19.2. The lowest BCUT2D eigenvalue weighted by Gasteiger charge is -2.32. The molecule has 0 aromatic carbocycles. The van der Waals surface area contributed by atoms with Gasteiger partial charge in [-0.2, -0.15) is 0 Å². The largest absolute Gasteiger partial charge is 0.369 e. The molecule has 2 amide bonds. The predicted octanol–water partition coefficient (Wildman–Crippen LogP) is 0.740. The smallest absolute Gasteiger partial charge is 0.234 e. The minimum Gasteiger partial charge on any atom is -0.369 e. The molecule has 1 aromatic heterocycles. The van der Waals surface area contributed by atoms with Crippen molar-refractivity contribution < 1.29 is 9.59 Å². The van der Waals surface area contributed by atoms with Crippen LogP contribution in [0.4, 0.5) is 5.82 Å². The number of hydrogen-bond acceptors (Lipinski definition) is 5. The second-order valence-electron chi connectivity index (χ2n) is 6.94. The molecule has 2 rings (SSSR count). The van der Waals surface area contributed by atoms with E-state index in [4.69, 9.17) is 5.73 Å². The number of amides is 2. The second-order valence-corrected chi connectivity index (χ2v) is 6.94. The highest BCUT2D eigenvalue weighted by atomic mass is 16.2. The Labute approximate surface area is 149 Å².